The van der Waals surface area contributed by atoms with E-state index in [1.807, 2.05) is 30.9 Å². The van der Waals surface area contributed by atoms with Gasteiger partial charge in [-0.3, -0.25) is 9.59 Å². The van der Waals surface area contributed by atoms with Crippen molar-refractivity contribution in [2.75, 3.05) is 11.4 Å². The molecule has 0 radical (unpaired) electrons. The SMILES string of the molecule is C=CCc1cc2c(c(CC=C)c1OC(C)=O)CCC(=O)N2CC=C(C)C. The number of ether oxygens (including phenoxy) is 1. The first-order valence-corrected chi connectivity index (χ1v) is 8.90. The highest BCUT2D eigenvalue weighted by Crippen LogP contribution is 2.39. The normalized spacial score (nSPS) is 13.0. The lowest BCUT2D eigenvalue weighted by atomic mass is 9.90. The van der Waals surface area contributed by atoms with Crippen LogP contribution in [0.25, 0.3) is 0 Å². The van der Waals surface area contributed by atoms with Crippen LogP contribution < -0.4 is 9.64 Å². The first-order valence-electron chi connectivity index (χ1n) is 8.90. The minimum atomic E-state index is -0.353. The number of anilines is 1. The van der Waals surface area contributed by atoms with Crippen molar-refractivity contribution in [3.05, 3.63) is 59.7 Å². The van der Waals surface area contributed by atoms with Crippen LogP contribution >= 0.6 is 0 Å². The average molecular weight is 353 g/mol. The molecule has 0 aliphatic carbocycles. The van der Waals surface area contributed by atoms with Crippen molar-refractivity contribution in [2.45, 2.75) is 46.5 Å². The number of hydrogen-bond donors (Lipinski definition) is 0. The molecule has 0 bridgehead atoms. The molecule has 0 spiro atoms. The Morgan fingerprint density at radius 3 is 2.46 bits per heavy atom. The van der Waals surface area contributed by atoms with E-state index in [2.05, 4.69) is 13.2 Å². The zero-order chi connectivity index (χ0) is 19.3. The summed E-state index contributed by atoms with van der Waals surface area (Å²) < 4.78 is 5.56. The smallest absolute Gasteiger partial charge is 0.308 e. The lowest BCUT2D eigenvalue weighted by Gasteiger charge is -2.32. The van der Waals surface area contributed by atoms with Crippen molar-refractivity contribution >= 4 is 17.6 Å². The van der Waals surface area contributed by atoms with Gasteiger partial charge in [-0.1, -0.05) is 23.8 Å². The van der Waals surface area contributed by atoms with Gasteiger partial charge in [0.15, 0.2) is 0 Å². The Hall–Kier alpha value is -2.62. The summed E-state index contributed by atoms with van der Waals surface area (Å²) in [5.41, 5.74) is 4.94. The maximum Gasteiger partial charge on any atom is 0.308 e. The summed E-state index contributed by atoms with van der Waals surface area (Å²) in [6.07, 6.45) is 7.87. The second-order valence-corrected chi connectivity index (χ2v) is 6.71. The molecule has 4 heteroatoms. The molecule has 4 nitrogen and oxygen atoms in total. The molecule has 1 aliphatic heterocycles. The van der Waals surface area contributed by atoms with Crippen LogP contribution in [-0.4, -0.2) is 18.4 Å². The first kappa shape index (κ1) is 19.7. The van der Waals surface area contributed by atoms with E-state index in [0.717, 1.165) is 22.4 Å². The molecule has 0 saturated carbocycles. The summed E-state index contributed by atoms with van der Waals surface area (Å²) in [5, 5.41) is 0. The van der Waals surface area contributed by atoms with E-state index >= 15 is 0 Å². The van der Waals surface area contributed by atoms with Crippen LogP contribution in [0.4, 0.5) is 5.69 Å². The molecule has 1 aromatic rings. The molecule has 0 atom stereocenters. The summed E-state index contributed by atoms with van der Waals surface area (Å²) in [7, 11) is 0. The van der Waals surface area contributed by atoms with Gasteiger partial charge in [0.05, 0.1) is 0 Å². The van der Waals surface area contributed by atoms with Crippen molar-refractivity contribution in [3.8, 4) is 5.75 Å². The van der Waals surface area contributed by atoms with Gasteiger partial charge < -0.3 is 9.64 Å². The van der Waals surface area contributed by atoms with Crippen LogP contribution in [0.2, 0.25) is 0 Å². The van der Waals surface area contributed by atoms with Crippen LogP contribution in [-0.2, 0) is 28.9 Å². The lowest BCUT2D eigenvalue weighted by molar-refractivity contribution is -0.132. The molecule has 1 heterocycles. The maximum absolute atomic E-state index is 12.5. The third-order valence-corrected chi connectivity index (χ3v) is 4.37. The van der Waals surface area contributed by atoms with Gasteiger partial charge in [-0.25, -0.2) is 0 Å². The van der Waals surface area contributed by atoms with Crippen molar-refractivity contribution in [2.24, 2.45) is 0 Å². The van der Waals surface area contributed by atoms with Crippen molar-refractivity contribution in [1.82, 2.24) is 0 Å². The van der Waals surface area contributed by atoms with Crippen molar-refractivity contribution in [1.29, 1.82) is 0 Å². The van der Waals surface area contributed by atoms with Crippen LogP contribution in [0.1, 0.15) is 43.9 Å². The molecule has 0 fully saturated rings. The summed E-state index contributed by atoms with van der Waals surface area (Å²) in [5.74, 6) is 0.353. The summed E-state index contributed by atoms with van der Waals surface area (Å²) >= 11 is 0. The van der Waals surface area contributed by atoms with Crippen molar-refractivity contribution in [3.63, 3.8) is 0 Å². The molecule has 0 saturated heterocycles. The van der Waals surface area contributed by atoms with Gasteiger partial charge in [0.1, 0.15) is 5.75 Å². The largest absolute Gasteiger partial charge is 0.426 e. The fourth-order valence-corrected chi connectivity index (χ4v) is 3.24. The zero-order valence-corrected chi connectivity index (χ0v) is 15.9. The maximum atomic E-state index is 12.5. The number of allylic oxidation sites excluding steroid dienone is 3. The number of carbonyl (C=O) groups excluding carboxylic acids is 2. The summed E-state index contributed by atoms with van der Waals surface area (Å²) in [6, 6.07) is 1.97. The number of nitrogens with zero attached hydrogens (tertiary/aromatic N) is 1. The predicted octanol–water partition coefficient (Wildman–Crippen LogP) is 4.31. The molecule has 1 aromatic carbocycles. The van der Waals surface area contributed by atoms with Gasteiger partial charge in [-0.2, -0.15) is 0 Å². The standard InChI is InChI=1S/C22H27NO3/c1-6-8-17-14-20-18(19(9-7-2)22(17)26-16(5)24)10-11-21(25)23(20)13-12-15(3)4/h6-7,12,14H,1-2,8-11,13H2,3-5H3. The predicted molar refractivity (Wildman–Crippen MR) is 106 cm³/mol. The van der Waals surface area contributed by atoms with Gasteiger partial charge >= 0.3 is 5.97 Å². The number of rotatable bonds is 7. The molecule has 138 valence electrons. The van der Waals surface area contributed by atoms with Gasteiger partial charge in [0.2, 0.25) is 5.91 Å². The highest BCUT2D eigenvalue weighted by Gasteiger charge is 2.28. The second kappa shape index (κ2) is 8.65. The monoisotopic (exact) mass is 353 g/mol. The zero-order valence-electron chi connectivity index (χ0n) is 15.9. The topological polar surface area (TPSA) is 46.6 Å². The Morgan fingerprint density at radius 2 is 1.88 bits per heavy atom. The number of amides is 1. The molecule has 0 N–H and O–H groups in total. The Bertz CT molecular complexity index is 770. The molecule has 0 unspecified atom stereocenters. The van der Waals surface area contributed by atoms with Gasteiger partial charge in [0, 0.05) is 36.7 Å². The first-order chi connectivity index (χ1) is 12.4. The number of esters is 1. The van der Waals surface area contributed by atoms with E-state index in [1.54, 1.807) is 12.2 Å². The molecule has 0 aromatic heterocycles. The minimum Gasteiger partial charge on any atom is -0.426 e. The Labute approximate surface area is 155 Å². The fraction of sp³-hybridized carbons (Fsp3) is 0.364. The number of carbonyl (C=O) groups is 2. The van der Waals surface area contributed by atoms with E-state index in [-0.39, 0.29) is 11.9 Å². The molecule has 1 aliphatic rings. The number of hydrogen-bond acceptors (Lipinski definition) is 3. The van der Waals surface area contributed by atoms with E-state index in [1.165, 1.54) is 12.5 Å². The lowest BCUT2D eigenvalue weighted by Crippen LogP contribution is -2.36. The molecule has 2 rings (SSSR count). The minimum absolute atomic E-state index is 0.115. The highest BCUT2D eigenvalue weighted by molar-refractivity contribution is 5.97. The number of benzene rings is 1. The van der Waals surface area contributed by atoms with Gasteiger partial charge in [0.25, 0.3) is 0 Å². The highest BCUT2D eigenvalue weighted by atomic mass is 16.5. The van der Waals surface area contributed by atoms with Crippen LogP contribution in [0.15, 0.2) is 43.0 Å². The number of fused-ring (bicyclic) bond motifs is 1. The molecular formula is C22H27NO3. The molecular weight excluding hydrogens is 326 g/mol. The summed E-state index contributed by atoms with van der Waals surface area (Å²) in [6.45, 7) is 13.6. The van der Waals surface area contributed by atoms with E-state index in [4.69, 9.17) is 4.74 Å². The van der Waals surface area contributed by atoms with Crippen molar-refractivity contribution < 1.29 is 14.3 Å². The van der Waals surface area contributed by atoms with Crippen LogP contribution in [0.5, 0.6) is 5.75 Å². The van der Waals surface area contributed by atoms with Crippen LogP contribution in [0.3, 0.4) is 0 Å². The fourth-order valence-electron chi connectivity index (χ4n) is 3.24. The average Bonchev–Trinajstić information content (AvgIpc) is 2.56. The Balaban J connectivity index is 2.68. The molecule has 26 heavy (non-hydrogen) atoms. The third-order valence-electron chi connectivity index (χ3n) is 4.37. The van der Waals surface area contributed by atoms with E-state index in [9.17, 15) is 9.59 Å². The van der Waals surface area contributed by atoms with Crippen LogP contribution in [0, 0.1) is 0 Å². The summed E-state index contributed by atoms with van der Waals surface area (Å²) in [4.78, 5) is 26.0. The Morgan fingerprint density at radius 1 is 1.19 bits per heavy atom. The van der Waals surface area contributed by atoms with Gasteiger partial charge in [-0.05, 0) is 44.7 Å². The Kier molecular flexibility index (Phi) is 6.56. The van der Waals surface area contributed by atoms with Gasteiger partial charge in [-0.15, -0.1) is 13.2 Å². The van der Waals surface area contributed by atoms with E-state index < -0.39 is 0 Å². The quantitative estimate of drug-likeness (QED) is 0.417. The second-order valence-electron chi connectivity index (χ2n) is 6.71. The molecule has 1 amide bonds. The van der Waals surface area contributed by atoms with E-state index in [0.29, 0.717) is 38.0 Å². The third kappa shape index (κ3) is 4.31.